The molecule has 5 rings (SSSR count). The van der Waals surface area contributed by atoms with Gasteiger partial charge in [-0.25, -0.2) is 0 Å². The fraction of sp³-hybridized carbons (Fsp3) is 0.476. The van der Waals surface area contributed by atoms with Crippen LogP contribution in [0.1, 0.15) is 24.1 Å². The average molecular weight is 373 g/mol. The fourth-order valence-electron chi connectivity index (χ4n) is 4.33. The highest BCUT2D eigenvalue weighted by Crippen LogP contribution is 2.30. The van der Waals surface area contributed by atoms with Crippen molar-refractivity contribution in [2.24, 2.45) is 5.92 Å². The number of ether oxygens (including phenoxy) is 1. The van der Waals surface area contributed by atoms with E-state index in [9.17, 15) is 8.78 Å². The highest BCUT2D eigenvalue weighted by molar-refractivity contribution is 5.27. The third-order valence-corrected chi connectivity index (χ3v) is 5.55. The minimum atomic E-state index is -2.78. The molecule has 27 heavy (non-hydrogen) atoms. The van der Waals surface area contributed by atoms with Crippen LogP contribution in [-0.2, 0) is 13.1 Å². The molecule has 144 valence electrons. The maximum absolute atomic E-state index is 12.3. The Balaban J connectivity index is 1.39. The Morgan fingerprint density at radius 3 is 2.59 bits per heavy atom. The quantitative estimate of drug-likeness (QED) is 0.771. The zero-order chi connectivity index (χ0) is 18.6. The Hall–Kier alpha value is -2.05. The standard InChI is InChI=1S/C21H25F2N3O/c22-21(23)27-20-8-5-16(6-9-20)12-26-13-17-4-7-19(26)15-25(11-17)14-18-3-1-2-10-24-18/h1-3,5-6,8-10,17,19,21H,4,7,11-15H2/t17-,19+/m1/s1. The third-order valence-electron chi connectivity index (χ3n) is 5.55. The Morgan fingerprint density at radius 2 is 1.85 bits per heavy atom. The summed E-state index contributed by atoms with van der Waals surface area (Å²) in [5.41, 5.74) is 2.26. The van der Waals surface area contributed by atoms with E-state index in [-0.39, 0.29) is 5.75 Å². The number of fused-ring (bicyclic) bond motifs is 4. The molecule has 3 fully saturated rings. The number of alkyl halides is 2. The van der Waals surface area contributed by atoms with Gasteiger partial charge in [-0.15, -0.1) is 0 Å². The summed E-state index contributed by atoms with van der Waals surface area (Å²) in [6.45, 7) is 2.25. The van der Waals surface area contributed by atoms with Gasteiger partial charge in [-0.1, -0.05) is 18.2 Å². The van der Waals surface area contributed by atoms with Crippen molar-refractivity contribution in [2.45, 2.75) is 38.6 Å². The summed E-state index contributed by atoms with van der Waals surface area (Å²) >= 11 is 0. The molecule has 3 aliphatic rings. The molecular formula is C21H25F2N3O. The molecule has 4 nitrogen and oxygen atoms in total. The lowest BCUT2D eigenvalue weighted by molar-refractivity contribution is -0.0498. The van der Waals surface area contributed by atoms with Crippen LogP contribution >= 0.6 is 0 Å². The number of rotatable bonds is 6. The maximum Gasteiger partial charge on any atom is 0.387 e. The van der Waals surface area contributed by atoms with Gasteiger partial charge in [0.25, 0.3) is 0 Å². The fourth-order valence-corrected chi connectivity index (χ4v) is 4.33. The monoisotopic (exact) mass is 373 g/mol. The predicted octanol–water partition coefficient (Wildman–Crippen LogP) is 3.78. The molecule has 4 heterocycles. The molecule has 1 aromatic carbocycles. The Bertz CT molecular complexity index is 726. The van der Waals surface area contributed by atoms with E-state index in [0.29, 0.717) is 12.0 Å². The van der Waals surface area contributed by atoms with Gasteiger partial charge >= 0.3 is 6.61 Å². The van der Waals surface area contributed by atoms with Gasteiger partial charge in [-0.05, 0) is 48.6 Å². The molecule has 0 radical (unpaired) electrons. The topological polar surface area (TPSA) is 28.6 Å². The molecule has 0 saturated carbocycles. The lowest BCUT2D eigenvalue weighted by Gasteiger charge is -2.36. The second kappa shape index (κ2) is 8.31. The molecular weight excluding hydrogens is 348 g/mol. The van der Waals surface area contributed by atoms with Crippen LogP contribution in [0.3, 0.4) is 0 Å². The zero-order valence-corrected chi connectivity index (χ0v) is 15.3. The molecule has 6 heteroatoms. The lowest BCUT2D eigenvalue weighted by Crippen LogP contribution is -2.43. The van der Waals surface area contributed by atoms with E-state index in [2.05, 4.69) is 25.6 Å². The molecule has 0 amide bonds. The van der Waals surface area contributed by atoms with Crippen molar-refractivity contribution in [1.29, 1.82) is 0 Å². The average Bonchev–Trinajstić information content (AvgIpc) is 2.94. The smallest absolute Gasteiger partial charge is 0.387 e. The summed E-state index contributed by atoms with van der Waals surface area (Å²) in [4.78, 5) is 9.55. The third kappa shape index (κ3) is 4.82. The van der Waals surface area contributed by atoms with Crippen molar-refractivity contribution in [1.82, 2.24) is 14.8 Å². The zero-order valence-electron chi connectivity index (χ0n) is 15.3. The normalized spacial score (nSPS) is 23.5. The maximum atomic E-state index is 12.3. The van der Waals surface area contributed by atoms with Gasteiger partial charge in [0.05, 0.1) is 5.69 Å². The minimum Gasteiger partial charge on any atom is -0.435 e. The molecule has 2 bridgehead atoms. The number of pyridine rings is 1. The van der Waals surface area contributed by atoms with E-state index in [1.165, 1.54) is 12.8 Å². The summed E-state index contributed by atoms with van der Waals surface area (Å²) in [6, 6.07) is 13.7. The molecule has 0 spiro atoms. The van der Waals surface area contributed by atoms with Crippen LogP contribution in [0.15, 0.2) is 48.7 Å². The van der Waals surface area contributed by atoms with E-state index in [1.807, 2.05) is 30.5 Å². The van der Waals surface area contributed by atoms with Crippen molar-refractivity contribution < 1.29 is 13.5 Å². The van der Waals surface area contributed by atoms with E-state index in [1.54, 1.807) is 12.1 Å². The van der Waals surface area contributed by atoms with Crippen LogP contribution in [0.4, 0.5) is 8.78 Å². The van der Waals surface area contributed by atoms with E-state index >= 15 is 0 Å². The SMILES string of the molecule is FC(F)Oc1ccc(CN2C[C@@H]3CC[C@H]2CN(Cc2ccccn2)C3)cc1. The van der Waals surface area contributed by atoms with Crippen LogP contribution in [0.25, 0.3) is 0 Å². The number of halogens is 2. The van der Waals surface area contributed by atoms with Gasteiger partial charge in [-0.2, -0.15) is 8.78 Å². The van der Waals surface area contributed by atoms with Crippen LogP contribution < -0.4 is 4.74 Å². The molecule has 0 aliphatic carbocycles. The van der Waals surface area contributed by atoms with Crippen LogP contribution in [0.2, 0.25) is 0 Å². The molecule has 0 N–H and O–H groups in total. The molecule has 3 aliphatic heterocycles. The molecule has 0 unspecified atom stereocenters. The first-order chi connectivity index (χ1) is 13.2. The number of benzene rings is 1. The number of aromatic nitrogens is 1. The summed E-state index contributed by atoms with van der Waals surface area (Å²) in [5, 5.41) is 0. The minimum absolute atomic E-state index is 0.215. The Kier molecular flexibility index (Phi) is 5.64. The van der Waals surface area contributed by atoms with Crippen LogP contribution in [0, 0.1) is 5.92 Å². The largest absolute Gasteiger partial charge is 0.435 e. The van der Waals surface area contributed by atoms with Crippen molar-refractivity contribution in [2.75, 3.05) is 19.6 Å². The van der Waals surface area contributed by atoms with Crippen molar-refractivity contribution in [3.63, 3.8) is 0 Å². The van der Waals surface area contributed by atoms with Crippen molar-refractivity contribution in [3.8, 4) is 5.75 Å². The van der Waals surface area contributed by atoms with Crippen molar-refractivity contribution in [3.05, 3.63) is 59.9 Å². The number of nitrogens with zero attached hydrogens (tertiary/aromatic N) is 3. The van der Waals surface area contributed by atoms with Crippen molar-refractivity contribution >= 4 is 0 Å². The second-order valence-electron chi connectivity index (χ2n) is 7.56. The van der Waals surface area contributed by atoms with Gasteiger partial charge in [-0.3, -0.25) is 14.8 Å². The van der Waals surface area contributed by atoms with Gasteiger partial charge < -0.3 is 4.74 Å². The number of hydrogen-bond acceptors (Lipinski definition) is 4. The van der Waals surface area contributed by atoms with Gasteiger partial charge in [0, 0.05) is 45.0 Å². The second-order valence-corrected chi connectivity index (χ2v) is 7.56. The Labute approximate surface area is 158 Å². The number of hydrogen-bond donors (Lipinski definition) is 0. The van der Waals surface area contributed by atoms with Crippen LogP contribution in [0.5, 0.6) is 5.75 Å². The molecule has 2 aromatic rings. The highest BCUT2D eigenvalue weighted by Gasteiger charge is 2.34. The molecule has 1 aromatic heterocycles. The number of piperidine rings is 1. The summed E-state index contributed by atoms with van der Waals surface area (Å²) in [7, 11) is 0. The Morgan fingerprint density at radius 1 is 1.00 bits per heavy atom. The molecule has 2 atom stereocenters. The summed E-state index contributed by atoms with van der Waals surface area (Å²) < 4.78 is 29.0. The first-order valence-electron chi connectivity index (χ1n) is 9.56. The lowest BCUT2D eigenvalue weighted by atomic mass is 9.94. The first-order valence-corrected chi connectivity index (χ1v) is 9.56. The molecule has 3 saturated heterocycles. The van der Waals surface area contributed by atoms with E-state index in [4.69, 9.17) is 0 Å². The van der Waals surface area contributed by atoms with Gasteiger partial charge in [0.2, 0.25) is 0 Å². The highest BCUT2D eigenvalue weighted by atomic mass is 19.3. The predicted molar refractivity (Wildman–Crippen MR) is 99.5 cm³/mol. The van der Waals surface area contributed by atoms with Gasteiger partial charge in [0.15, 0.2) is 0 Å². The van der Waals surface area contributed by atoms with E-state index < -0.39 is 6.61 Å². The van der Waals surface area contributed by atoms with Crippen LogP contribution in [-0.4, -0.2) is 47.1 Å². The summed E-state index contributed by atoms with van der Waals surface area (Å²) in [5.74, 6) is 0.890. The van der Waals surface area contributed by atoms with E-state index in [0.717, 1.165) is 44.0 Å². The first kappa shape index (κ1) is 18.3. The van der Waals surface area contributed by atoms with Gasteiger partial charge in [0.1, 0.15) is 5.75 Å². The summed E-state index contributed by atoms with van der Waals surface area (Å²) in [6.07, 6.45) is 4.35.